The Morgan fingerprint density at radius 2 is 1.96 bits per heavy atom. The normalized spacial score (nSPS) is 20.9. The van der Waals surface area contributed by atoms with Crippen LogP contribution < -0.4 is 5.32 Å². The number of likely N-dealkylation sites (tertiary alicyclic amines) is 1. The van der Waals surface area contributed by atoms with Gasteiger partial charge in [-0.3, -0.25) is 19.5 Å². The molecular formula is C17H17F3N4O4. The van der Waals surface area contributed by atoms with Crippen molar-refractivity contribution in [2.75, 3.05) is 13.1 Å². The number of benzene rings is 1. The first-order valence-electron chi connectivity index (χ1n) is 8.42. The van der Waals surface area contributed by atoms with Gasteiger partial charge in [0, 0.05) is 18.5 Å². The molecule has 2 aromatic rings. The van der Waals surface area contributed by atoms with E-state index in [1.807, 2.05) is 0 Å². The maximum atomic E-state index is 13.1. The number of carbonyl (C=O) groups is 3. The quantitative estimate of drug-likeness (QED) is 0.720. The molecule has 3 atom stereocenters. The van der Waals surface area contributed by atoms with Gasteiger partial charge in [0.25, 0.3) is 5.91 Å². The fraction of sp³-hybridized carbons (Fsp3) is 0.412. The van der Waals surface area contributed by atoms with Crippen molar-refractivity contribution in [3.63, 3.8) is 0 Å². The number of nitrogens with zero attached hydrogens (tertiary/aromatic N) is 2. The number of aromatic amines is 1. The lowest BCUT2D eigenvalue weighted by atomic mass is 9.96. The minimum atomic E-state index is -4.74. The summed E-state index contributed by atoms with van der Waals surface area (Å²) in [6.45, 7) is 0.000498. The van der Waals surface area contributed by atoms with Crippen LogP contribution in [0.3, 0.4) is 0 Å². The lowest BCUT2D eigenvalue weighted by molar-refractivity contribution is -0.188. The molecule has 3 N–H and O–H groups in total. The lowest BCUT2D eigenvalue weighted by Crippen LogP contribution is -2.46. The fourth-order valence-corrected chi connectivity index (χ4v) is 3.30. The van der Waals surface area contributed by atoms with E-state index < -0.39 is 54.9 Å². The molecule has 1 aromatic heterocycles. The summed E-state index contributed by atoms with van der Waals surface area (Å²) in [6.07, 6.45) is -4.74. The number of hydrogen-bond donors (Lipinski definition) is 3. The maximum Gasteiger partial charge on any atom is 0.394 e. The summed E-state index contributed by atoms with van der Waals surface area (Å²) in [6, 6.07) is 5.67. The highest BCUT2D eigenvalue weighted by Crippen LogP contribution is 2.37. The molecule has 2 amide bonds. The first kappa shape index (κ1) is 19.6. The minimum absolute atomic E-state index is 0.0493. The zero-order valence-electron chi connectivity index (χ0n) is 14.7. The van der Waals surface area contributed by atoms with E-state index in [-0.39, 0.29) is 5.69 Å². The highest BCUT2D eigenvalue weighted by molar-refractivity contribution is 6.05. The van der Waals surface area contributed by atoms with E-state index in [2.05, 4.69) is 15.5 Å². The topological polar surface area (TPSA) is 115 Å². The summed E-state index contributed by atoms with van der Waals surface area (Å²) in [5.74, 6) is -6.95. The third-order valence-corrected chi connectivity index (χ3v) is 4.77. The molecule has 0 radical (unpaired) electrons. The number of aliphatic carboxylic acids is 1. The molecule has 28 heavy (non-hydrogen) atoms. The highest BCUT2D eigenvalue weighted by Gasteiger charge is 2.53. The van der Waals surface area contributed by atoms with Gasteiger partial charge < -0.3 is 15.3 Å². The molecule has 0 bridgehead atoms. The molecule has 150 valence electrons. The van der Waals surface area contributed by atoms with Gasteiger partial charge in [0.05, 0.1) is 17.4 Å². The molecule has 0 spiro atoms. The van der Waals surface area contributed by atoms with E-state index >= 15 is 0 Å². The molecule has 11 heteroatoms. The van der Waals surface area contributed by atoms with E-state index in [0.29, 0.717) is 10.9 Å². The number of H-pyrrole nitrogens is 1. The van der Waals surface area contributed by atoms with Crippen LogP contribution in [0.1, 0.15) is 17.4 Å². The number of amides is 2. The third-order valence-electron chi connectivity index (χ3n) is 4.77. The van der Waals surface area contributed by atoms with Gasteiger partial charge in [0.15, 0.2) is 5.69 Å². The minimum Gasteiger partial charge on any atom is -0.481 e. The molecule has 1 fully saturated rings. The predicted octanol–water partition coefficient (Wildman–Crippen LogP) is 1.40. The molecule has 3 rings (SSSR count). The Balaban J connectivity index is 1.71. The number of rotatable bonds is 4. The fourth-order valence-electron chi connectivity index (χ4n) is 3.30. The largest absolute Gasteiger partial charge is 0.481 e. The van der Waals surface area contributed by atoms with E-state index in [0.717, 1.165) is 4.90 Å². The average molecular weight is 398 g/mol. The van der Waals surface area contributed by atoms with Gasteiger partial charge in [0.2, 0.25) is 5.91 Å². The molecule has 0 saturated carbocycles. The number of alkyl halides is 3. The van der Waals surface area contributed by atoms with Crippen LogP contribution in [0.4, 0.5) is 13.2 Å². The molecule has 1 aliphatic heterocycles. The van der Waals surface area contributed by atoms with E-state index in [1.54, 1.807) is 24.3 Å². The Kier molecular flexibility index (Phi) is 5.01. The number of hydrogen-bond acceptors (Lipinski definition) is 4. The summed E-state index contributed by atoms with van der Waals surface area (Å²) < 4.78 is 39.2. The van der Waals surface area contributed by atoms with Crippen LogP contribution in [0.25, 0.3) is 10.9 Å². The second-order valence-corrected chi connectivity index (χ2v) is 6.65. The summed E-state index contributed by atoms with van der Waals surface area (Å²) in [5, 5.41) is 18.5. The van der Waals surface area contributed by atoms with Gasteiger partial charge in [-0.15, -0.1) is 0 Å². The molecule has 2 heterocycles. The van der Waals surface area contributed by atoms with Crippen LogP contribution in [0.5, 0.6) is 0 Å². The first-order chi connectivity index (χ1) is 13.1. The van der Waals surface area contributed by atoms with Crippen LogP contribution >= 0.6 is 0 Å². The van der Waals surface area contributed by atoms with Crippen LogP contribution in [-0.2, 0) is 9.59 Å². The van der Waals surface area contributed by atoms with Crippen LogP contribution in [0, 0.1) is 11.8 Å². The van der Waals surface area contributed by atoms with E-state index in [1.165, 1.54) is 6.92 Å². The van der Waals surface area contributed by atoms with Crippen molar-refractivity contribution in [3.05, 3.63) is 30.0 Å². The smallest absolute Gasteiger partial charge is 0.394 e. The van der Waals surface area contributed by atoms with E-state index in [9.17, 15) is 27.6 Å². The van der Waals surface area contributed by atoms with Crippen molar-refractivity contribution in [2.24, 2.45) is 11.8 Å². The van der Waals surface area contributed by atoms with Gasteiger partial charge >= 0.3 is 12.1 Å². The number of carbonyl (C=O) groups excluding carboxylic acids is 2. The number of carboxylic acids is 1. The zero-order valence-corrected chi connectivity index (χ0v) is 14.7. The van der Waals surface area contributed by atoms with E-state index in [4.69, 9.17) is 5.11 Å². The summed E-state index contributed by atoms with van der Waals surface area (Å²) in [4.78, 5) is 36.8. The van der Waals surface area contributed by atoms with Gasteiger partial charge in [-0.2, -0.15) is 18.3 Å². The summed E-state index contributed by atoms with van der Waals surface area (Å²) in [5.41, 5.74) is 0.664. The SMILES string of the molecule is CC(NC(=O)c1n[nH]c2ccccc12)C(=O)N1C[C@@H](C(F)(F)F)[C@H](C(=O)O)C1. The predicted molar refractivity (Wildman–Crippen MR) is 90.3 cm³/mol. The number of nitrogens with one attached hydrogen (secondary N) is 2. The van der Waals surface area contributed by atoms with Crippen molar-refractivity contribution in [1.29, 1.82) is 0 Å². The first-order valence-corrected chi connectivity index (χ1v) is 8.42. The second-order valence-electron chi connectivity index (χ2n) is 6.65. The average Bonchev–Trinajstić information content (AvgIpc) is 3.25. The second kappa shape index (κ2) is 7.13. The van der Waals surface area contributed by atoms with Gasteiger partial charge in [-0.1, -0.05) is 18.2 Å². The van der Waals surface area contributed by atoms with Gasteiger partial charge in [-0.25, -0.2) is 0 Å². The monoisotopic (exact) mass is 398 g/mol. The zero-order chi connectivity index (χ0) is 20.6. The highest BCUT2D eigenvalue weighted by atomic mass is 19.4. The Morgan fingerprint density at radius 3 is 2.57 bits per heavy atom. The number of halogens is 3. The third kappa shape index (κ3) is 3.64. The Labute approximate surface area is 156 Å². The standard InChI is InChI=1S/C17H17F3N4O4/c1-8(21-14(25)13-9-4-2-3-5-12(9)22-23-13)15(26)24-6-10(16(27)28)11(7-24)17(18,19)20/h2-5,8,10-11H,6-7H2,1H3,(H,21,25)(H,22,23)(H,27,28)/t8?,10-,11-/m1/s1. The maximum absolute atomic E-state index is 13.1. The molecule has 1 unspecified atom stereocenters. The lowest BCUT2D eigenvalue weighted by Gasteiger charge is -2.22. The summed E-state index contributed by atoms with van der Waals surface area (Å²) in [7, 11) is 0. The Hall–Kier alpha value is -3.11. The Bertz CT molecular complexity index is 927. The number of aromatic nitrogens is 2. The van der Waals surface area contributed by atoms with Crippen LogP contribution in [0.15, 0.2) is 24.3 Å². The molecule has 1 saturated heterocycles. The number of para-hydroxylation sites is 1. The van der Waals surface area contributed by atoms with Gasteiger partial charge in [-0.05, 0) is 13.0 Å². The van der Waals surface area contributed by atoms with Crippen LogP contribution in [-0.4, -0.2) is 63.3 Å². The van der Waals surface area contributed by atoms with Crippen molar-refractivity contribution < 1.29 is 32.7 Å². The molecule has 1 aliphatic rings. The molecular weight excluding hydrogens is 381 g/mol. The molecule has 1 aromatic carbocycles. The number of carboxylic acid groups (broad SMARTS) is 1. The van der Waals surface area contributed by atoms with Gasteiger partial charge in [0.1, 0.15) is 6.04 Å². The van der Waals surface area contributed by atoms with Crippen molar-refractivity contribution in [3.8, 4) is 0 Å². The van der Waals surface area contributed by atoms with Crippen molar-refractivity contribution >= 4 is 28.7 Å². The van der Waals surface area contributed by atoms with Crippen molar-refractivity contribution in [2.45, 2.75) is 19.1 Å². The summed E-state index contributed by atoms with van der Waals surface area (Å²) >= 11 is 0. The number of fused-ring (bicyclic) bond motifs is 1. The molecule has 0 aliphatic carbocycles. The Morgan fingerprint density at radius 1 is 1.29 bits per heavy atom. The van der Waals surface area contributed by atoms with Crippen LogP contribution in [0.2, 0.25) is 0 Å². The van der Waals surface area contributed by atoms with Crippen molar-refractivity contribution in [1.82, 2.24) is 20.4 Å². The molecule has 8 nitrogen and oxygen atoms in total.